The van der Waals surface area contributed by atoms with Gasteiger partial charge >= 0.3 is 11.9 Å². The fourth-order valence-electron chi connectivity index (χ4n) is 11.4. The molecule has 15 atom stereocenters. The van der Waals surface area contributed by atoms with Crippen molar-refractivity contribution in [2.45, 2.75) is 191 Å². The van der Waals surface area contributed by atoms with E-state index in [9.17, 15) is 55.5 Å². The summed E-state index contributed by atoms with van der Waals surface area (Å²) in [4.78, 5) is 23.2. The van der Waals surface area contributed by atoms with Gasteiger partial charge < -0.3 is 83.9 Å². The third kappa shape index (κ3) is 8.30. The highest BCUT2D eigenvalue weighted by atomic mass is 16.6. The topological polar surface area (TPSA) is 290 Å². The Hall–Kier alpha value is -1.66. The molecule has 0 amide bonds. The zero-order valence-corrected chi connectivity index (χ0v) is 42.1. The number of carboxylic acid groups (broad SMARTS) is 2. The lowest BCUT2D eigenvalue weighted by Gasteiger charge is -2.69. The van der Waals surface area contributed by atoms with Crippen molar-refractivity contribution in [2.24, 2.45) is 16.2 Å². The second-order valence-electron chi connectivity index (χ2n) is 22.2. The van der Waals surface area contributed by atoms with Crippen molar-refractivity contribution in [3.63, 3.8) is 0 Å². The molecule has 0 aromatic carbocycles. The Morgan fingerprint density at radius 2 is 0.708 bits per heavy atom. The van der Waals surface area contributed by atoms with Crippen LogP contribution in [0.25, 0.3) is 0 Å². The van der Waals surface area contributed by atoms with E-state index in [2.05, 4.69) is 0 Å². The van der Waals surface area contributed by atoms with Crippen molar-refractivity contribution in [3.8, 4) is 0 Å². The average Bonchev–Trinajstić information content (AvgIpc) is 3.15. The second kappa shape index (κ2) is 17.9. The minimum Gasteiger partial charge on any atom is -0.480 e. The van der Waals surface area contributed by atoms with Gasteiger partial charge in [-0.2, -0.15) is 0 Å². The van der Waals surface area contributed by atoms with E-state index >= 15 is 0 Å². The minimum atomic E-state index is -2.23. The first kappa shape index (κ1) is 57.7. The smallest absolute Gasteiger partial charge is 0.329 e. The molecule has 3 aliphatic heterocycles. The highest BCUT2D eigenvalue weighted by Gasteiger charge is 2.77. The minimum absolute atomic E-state index is 0.134. The van der Waals surface area contributed by atoms with Crippen LogP contribution in [0.2, 0.25) is 0 Å². The number of carboxylic acids is 2. The molecule has 3 saturated heterocycles. The van der Waals surface area contributed by atoms with Gasteiger partial charge in [-0.1, -0.05) is 34.1 Å². The summed E-state index contributed by atoms with van der Waals surface area (Å²) in [5.41, 5.74) is -26.5. The molecule has 3 rings (SSSR count). The van der Waals surface area contributed by atoms with Crippen LogP contribution >= 0.6 is 0 Å². The highest BCUT2D eigenvalue weighted by molar-refractivity contribution is 5.68. The Morgan fingerprint density at radius 1 is 0.415 bits per heavy atom. The van der Waals surface area contributed by atoms with Gasteiger partial charge in [0.2, 0.25) is 0 Å². The molecule has 3 fully saturated rings. The van der Waals surface area contributed by atoms with Crippen molar-refractivity contribution in [1.82, 2.24) is 0 Å². The van der Waals surface area contributed by atoms with Gasteiger partial charge in [-0.3, -0.25) is 0 Å². The summed E-state index contributed by atoms with van der Waals surface area (Å²) in [7, 11) is 1.42. The number of hydrogen-bond acceptors (Lipinski definition) is 17. The molecule has 15 unspecified atom stereocenters. The molecular formula is C46H84O19. The standard InChI is InChI=1S/C46H84O19/c1-18-19-32(2)36(6,26-59-20-30(48)49)64-39(9,45(15,56)41(32,11)52)28-62-24-34(4)37(7,27-60-21-31(50)51)65-40(10,46(16,57)43(34,13)54)29-61-23-33(3)35(5,22-47)63-38(8,25-58-17)44(14,55)42(33,12)53/h47,52-57H,18-29H2,1-17H3,(H,48,49)(H,50,51). The van der Waals surface area contributed by atoms with Gasteiger partial charge in [0.15, 0.2) is 0 Å². The Bertz CT molecular complexity index is 1720. The van der Waals surface area contributed by atoms with Crippen molar-refractivity contribution >= 4 is 11.9 Å². The number of aliphatic carboxylic acids is 2. The molecule has 382 valence electrons. The van der Waals surface area contributed by atoms with Gasteiger partial charge in [0.05, 0.1) is 74.9 Å². The van der Waals surface area contributed by atoms with E-state index in [0.29, 0.717) is 12.8 Å². The maximum absolute atomic E-state index is 12.9. The van der Waals surface area contributed by atoms with Crippen LogP contribution in [0.15, 0.2) is 0 Å². The Balaban J connectivity index is 2.08. The van der Waals surface area contributed by atoms with Crippen molar-refractivity contribution < 1.29 is 93.4 Å². The van der Waals surface area contributed by atoms with E-state index in [1.807, 2.05) is 6.92 Å². The quantitative estimate of drug-likeness (QED) is 0.0793. The number of rotatable bonds is 21. The van der Waals surface area contributed by atoms with Gasteiger partial charge in [-0.25, -0.2) is 9.59 Å². The lowest BCUT2D eigenvalue weighted by atomic mass is 9.51. The van der Waals surface area contributed by atoms with E-state index < -0.39 is 142 Å². The normalized spacial score (nSPS) is 50.3. The first-order valence-corrected chi connectivity index (χ1v) is 22.3. The van der Waals surface area contributed by atoms with Gasteiger partial charge in [-0.15, -0.1) is 0 Å². The number of aliphatic hydroxyl groups excluding tert-OH is 1. The third-order valence-corrected chi connectivity index (χ3v) is 18.2. The van der Waals surface area contributed by atoms with Crippen LogP contribution in [0.5, 0.6) is 0 Å². The summed E-state index contributed by atoms with van der Waals surface area (Å²) in [6.07, 6.45) is 0.924. The van der Waals surface area contributed by atoms with Crippen LogP contribution in [0.1, 0.15) is 124 Å². The predicted molar refractivity (Wildman–Crippen MR) is 234 cm³/mol. The number of carbonyl (C=O) groups is 2. The lowest BCUT2D eigenvalue weighted by Crippen LogP contribution is -2.84. The van der Waals surface area contributed by atoms with Gasteiger partial charge in [0.25, 0.3) is 0 Å². The van der Waals surface area contributed by atoms with E-state index in [4.69, 9.17) is 37.9 Å². The second-order valence-corrected chi connectivity index (χ2v) is 22.2. The van der Waals surface area contributed by atoms with E-state index in [0.717, 1.165) is 0 Å². The maximum atomic E-state index is 12.9. The summed E-state index contributed by atoms with van der Waals surface area (Å²) >= 11 is 0. The third-order valence-electron chi connectivity index (χ3n) is 18.2. The molecule has 0 aromatic heterocycles. The summed E-state index contributed by atoms with van der Waals surface area (Å²) in [5, 5.41) is 104. The average molecular weight is 941 g/mol. The van der Waals surface area contributed by atoms with Crippen LogP contribution < -0.4 is 0 Å². The molecule has 0 radical (unpaired) electrons. The van der Waals surface area contributed by atoms with E-state index in [1.54, 1.807) is 48.5 Å². The first-order valence-electron chi connectivity index (χ1n) is 22.3. The first-order chi connectivity index (χ1) is 29.1. The maximum Gasteiger partial charge on any atom is 0.329 e. The molecule has 65 heavy (non-hydrogen) atoms. The van der Waals surface area contributed by atoms with Gasteiger partial charge in [0, 0.05) is 12.5 Å². The molecule has 0 saturated carbocycles. The molecule has 0 aliphatic carbocycles. The number of hydrogen-bond donors (Lipinski definition) is 9. The largest absolute Gasteiger partial charge is 0.480 e. The summed E-state index contributed by atoms with van der Waals surface area (Å²) in [6.45, 7) is 20.1. The number of methoxy groups -OCH3 is 1. The molecule has 3 heterocycles. The summed E-state index contributed by atoms with van der Waals surface area (Å²) < 4.78 is 49.4. The van der Waals surface area contributed by atoms with Crippen molar-refractivity contribution in [1.29, 1.82) is 0 Å². The molecule has 9 N–H and O–H groups in total. The predicted octanol–water partition coefficient (Wildman–Crippen LogP) is 1.83. The molecule has 0 bridgehead atoms. The summed E-state index contributed by atoms with van der Waals surface area (Å²) in [6, 6.07) is 0. The monoisotopic (exact) mass is 941 g/mol. The zero-order valence-electron chi connectivity index (χ0n) is 42.1. The van der Waals surface area contributed by atoms with Crippen LogP contribution in [0.4, 0.5) is 0 Å². The van der Waals surface area contributed by atoms with E-state index in [-0.39, 0.29) is 19.8 Å². The van der Waals surface area contributed by atoms with Gasteiger partial charge in [-0.05, 0) is 89.5 Å². The Kier molecular flexibility index (Phi) is 15.9. The molecular weight excluding hydrogens is 856 g/mol. The van der Waals surface area contributed by atoms with Crippen molar-refractivity contribution in [3.05, 3.63) is 0 Å². The van der Waals surface area contributed by atoms with Crippen LogP contribution in [-0.2, 0) is 47.5 Å². The number of ether oxygens (including phenoxy) is 8. The van der Waals surface area contributed by atoms with Crippen LogP contribution in [-0.4, -0.2) is 198 Å². The zero-order chi connectivity index (χ0) is 50.8. The van der Waals surface area contributed by atoms with Crippen LogP contribution in [0, 0.1) is 16.2 Å². The molecule has 3 aliphatic rings. The van der Waals surface area contributed by atoms with Crippen LogP contribution in [0.3, 0.4) is 0 Å². The molecule has 0 spiro atoms. The van der Waals surface area contributed by atoms with Gasteiger partial charge in [0.1, 0.15) is 69.2 Å². The molecule has 19 heteroatoms. The molecule has 19 nitrogen and oxygen atoms in total. The Morgan fingerprint density at radius 3 is 1.03 bits per heavy atom. The SMILES string of the molecule is CCCC1(C)C(C)(COCC(=O)O)OC(C)(COCC2(C)C(C)(COCC(=O)O)OC(C)(COCC3(C)C(C)(CO)OC(C)(COC)C(C)(O)C3(C)O)C(C)(O)C2(C)O)C(C)(O)C1(C)O. The fraction of sp³-hybridized carbons (Fsp3) is 0.957. The number of aliphatic hydroxyl groups is 7. The molecule has 0 aromatic rings. The van der Waals surface area contributed by atoms with E-state index in [1.165, 1.54) is 62.5 Å². The highest BCUT2D eigenvalue weighted by Crippen LogP contribution is 2.63. The fourth-order valence-corrected chi connectivity index (χ4v) is 11.4. The Labute approximate surface area is 385 Å². The lowest BCUT2D eigenvalue weighted by molar-refractivity contribution is -0.415. The van der Waals surface area contributed by atoms with Crippen molar-refractivity contribution in [2.75, 3.05) is 73.2 Å². The summed E-state index contributed by atoms with van der Waals surface area (Å²) in [5.74, 6) is -2.49.